The molecule has 1 aromatic carbocycles. The minimum atomic E-state index is -0.532. The van der Waals surface area contributed by atoms with E-state index in [9.17, 15) is 8.78 Å². The lowest BCUT2D eigenvalue weighted by Gasteiger charge is -2.36. The van der Waals surface area contributed by atoms with E-state index in [2.05, 4.69) is 15.2 Å². The molecular formula is C23H36F2N4O2. The average Bonchev–Trinajstić information content (AvgIpc) is 2.78. The number of nitrogens with zero attached hydrogens (tertiary/aromatic N) is 3. The van der Waals surface area contributed by atoms with Gasteiger partial charge in [0.2, 0.25) is 0 Å². The number of rotatable bonds is 7. The SMILES string of the molecule is CN=C(NCC(c1c(F)cccc1F)N(C)C)N1CCC(OCC2CCCCO2)CC1. The van der Waals surface area contributed by atoms with E-state index in [1.54, 1.807) is 7.05 Å². The van der Waals surface area contributed by atoms with Crippen LogP contribution in [0.25, 0.3) is 0 Å². The fourth-order valence-electron chi connectivity index (χ4n) is 4.31. The van der Waals surface area contributed by atoms with Crippen LogP contribution in [-0.2, 0) is 9.47 Å². The Kier molecular flexibility index (Phi) is 9.04. The molecule has 0 aromatic heterocycles. The second kappa shape index (κ2) is 11.7. The van der Waals surface area contributed by atoms with Crippen LogP contribution in [0, 0.1) is 11.6 Å². The molecule has 31 heavy (non-hydrogen) atoms. The van der Waals surface area contributed by atoms with Crippen molar-refractivity contribution in [3.05, 3.63) is 35.4 Å². The van der Waals surface area contributed by atoms with Crippen molar-refractivity contribution in [1.82, 2.24) is 15.1 Å². The number of guanidine groups is 1. The van der Waals surface area contributed by atoms with Gasteiger partial charge in [-0.15, -0.1) is 0 Å². The molecule has 2 atom stereocenters. The van der Waals surface area contributed by atoms with Gasteiger partial charge < -0.3 is 24.6 Å². The van der Waals surface area contributed by atoms with Crippen molar-refractivity contribution in [2.24, 2.45) is 4.99 Å². The maximum Gasteiger partial charge on any atom is 0.193 e. The zero-order valence-corrected chi connectivity index (χ0v) is 18.9. The van der Waals surface area contributed by atoms with Crippen molar-refractivity contribution in [3.8, 4) is 0 Å². The molecule has 0 spiro atoms. The number of benzene rings is 1. The van der Waals surface area contributed by atoms with E-state index in [1.165, 1.54) is 24.6 Å². The fraction of sp³-hybridized carbons (Fsp3) is 0.696. The van der Waals surface area contributed by atoms with Crippen LogP contribution in [0.5, 0.6) is 0 Å². The Hall–Kier alpha value is -1.77. The van der Waals surface area contributed by atoms with Crippen LogP contribution in [0.1, 0.15) is 43.7 Å². The van der Waals surface area contributed by atoms with Crippen molar-refractivity contribution in [2.75, 3.05) is 54.0 Å². The van der Waals surface area contributed by atoms with Gasteiger partial charge >= 0.3 is 0 Å². The first kappa shape index (κ1) is 23.9. The number of halogens is 2. The fourth-order valence-corrected chi connectivity index (χ4v) is 4.31. The topological polar surface area (TPSA) is 49.3 Å². The van der Waals surface area contributed by atoms with Gasteiger partial charge in [-0.2, -0.15) is 0 Å². The molecule has 2 aliphatic rings. The normalized spacial score (nSPS) is 22.1. The second-order valence-electron chi connectivity index (χ2n) is 8.55. The summed E-state index contributed by atoms with van der Waals surface area (Å²) in [5.41, 5.74) is 0.0764. The average molecular weight is 439 g/mol. The highest BCUT2D eigenvalue weighted by molar-refractivity contribution is 5.80. The minimum absolute atomic E-state index is 0.0764. The molecule has 2 heterocycles. The summed E-state index contributed by atoms with van der Waals surface area (Å²) in [7, 11) is 5.37. The summed E-state index contributed by atoms with van der Waals surface area (Å²) in [6.07, 6.45) is 5.78. The van der Waals surface area contributed by atoms with Crippen LogP contribution in [0.4, 0.5) is 8.78 Å². The second-order valence-corrected chi connectivity index (χ2v) is 8.55. The molecule has 1 N–H and O–H groups in total. The van der Waals surface area contributed by atoms with Gasteiger partial charge in [-0.25, -0.2) is 8.78 Å². The molecule has 0 radical (unpaired) electrons. The van der Waals surface area contributed by atoms with Crippen LogP contribution in [0.2, 0.25) is 0 Å². The Morgan fingerprint density at radius 3 is 2.52 bits per heavy atom. The largest absolute Gasteiger partial charge is 0.376 e. The number of piperidine rings is 1. The van der Waals surface area contributed by atoms with E-state index in [-0.39, 0.29) is 17.8 Å². The van der Waals surface area contributed by atoms with E-state index < -0.39 is 17.7 Å². The van der Waals surface area contributed by atoms with E-state index in [0.29, 0.717) is 13.2 Å². The third kappa shape index (κ3) is 6.60. The molecule has 0 bridgehead atoms. The van der Waals surface area contributed by atoms with Crippen LogP contribution in [0.15, 0.2) is 23.2 Å². The summed E-state index contributed by atoms with van der Waals surface area (Å²) in [4.78, 5) is 8.39. The van der Waals surface area contributed by atoms with E-state index >= 15 is 0 Å². The number of hydrogen-bond donors (Lipinski definition) is 1. The van der Waals surface area contributed by atoms with Gasteiger partial charge in [-0.3, -0.25) is 4.99 Å². The van der Waals surface area contributed by atoms with Gasteiger partial charge in [0.15, 0.2) is 5.96 Å². The molecular weight excluding hydrogens is 402 g/mol. The number of likely N-dealkylation sites (tertiary alicyclic amines) is 1. The monoisotopic (exact) mass is 438 g/mol. The van der Waals surface area contributed by atoms with Crippen molar-refractivity contribution in [3.63, 3.8) is 0 Å². The van der Waals surface area contributed by atoms with Gasteiger partial charge in [0.1, 0.15) is 11.6 Å². The summed E-state index contributed by atoms with van der Waals surface area (Å²) in [6, 6.07) is 3.54. The molecule has 6 nitrogen and oxygen atoms in total. The summed E-state index contributed by atoms with van der Waals surface area (Å²) >= 11 is 0. The Labute approximate surface area is 184 Å². The number of hydrogen-bond acceptors (Lipinski definition) is 4. The van der Waals surface area contributed by atoms with Gasteiger partial charge in [-0.1, -0.05) is 6.07 Å². The summed E-state index contributed by atoms with van der Waals surface area (Å²) in [5.74, 6) is -0.316. The molecule has 8 heteroatoms. The van der Waals surface area contributed by atoms with Gasteiger partial charge in [0.25, 0.3) is 0 Å². The Morgan fingerprint density at radius 2 is 1.94 bits per heavy atom. The van der Waals surface area contributed by atoms with E-state index in [1.807, 2.05) is 19.0 Å². The molecule has 0 aliphatic carbocycles. The van der Waals surface area contributed by atoms with E-state index in [0.717, 1.165) is 51.3 Å². The molecule has 174 valence electrons. The molecule has 0 saturated carbocycles. The third-order valence-corrected chi connectivity index (χ3v) is 6.15. The Morgan fingerprint density at radius 1 is 1.23 bits per heavy atom. The van der Waals surface area contributed by atoms with E-state index in [4.69, 9.17) is 9.47 Å². The van der Waals surface area contributed by atoms with Crippen molar-refractivity contribution < 1.29 is 18.3 Å². The number of likely N-dealkylation sites (N-methyl/N-ethyl adjacent to an activating group) is 1. The number of nitrogens with one attached hydrogen (secondary N) is 1. The molecule has 3 rings (SSSR count). The number of aliphatic imine (C=N–C) groups is 1. The lowest BCUT2D eigenvalue weighted by Crippen LogP contribution is -2.49. The summed E-state index contributed by atoms with van der Waals surface area (Å²) in [5, 5.41) is 3.31. The minimum Gasteiger partial charge on any atom is -0.376 e. The summed E-state index contributed by atoms with van der Waals surface area (Å²) in [6.45, 7) is 3.54. The Balaban J connectivity index is 1.49. The highest BCUT2D eigenvalue weighted by Crippen LogP contribution is 2.24. The van der Waals surface area contributed by atoms with Crippen LogP contribution in [0.3, 0.4) is 0 Å². The van der Waals surface area contributed by atoms with Crippen LogP contribution >= 0.6 is 0 Å². The highest BCUT2D eigenvalue weighted by Gasteiger charge is 2.26. The lowest BCUT2D eigenvalue weighted by atomic mass is 10.0. The van der Waals surface area contributed by atoms with Crippen molar-refractivity contribution in [1.29, 1.82) is 0 Å². The van der Waals surface area contributed by atoms with Crippen molar-refractivity contribution >= 4 is 5.96 Å². The third-order valence-electron chi connectivity index (χ3n) is 6.15. The van der Waals surface area contributed by atoms with Gasteiger partial charge in [0.05, 0.1) is 24.9 Å². The predicted molar refractivity (Wildman–Crippen MR) is 118 cm³/mol. The zero-order chi connectivity index (χ0) is 22.2. The highest BCUT2D eigenvalue weighted by atomic mass is 19.1. The first-order chi connectivity index (χ1) is 15.0. The molecule has 2 fully saturated rings. The zero-order valence-electron chi connectivity index (χ0n) is 18.9. The lowest BCUT2D eigenvalue weighted by molar-refractivity contribution is -0.0721. The molecule has 2 saturated heterocycles. The quantitative estimate of drug-likeness (QED) is 0.523. The Bertz CT molecular complexity index is 697. The number of ether oxygens (including phenoxy) is 2. The summed E-state index contributed by atoms with van der Waals surface area (Å²) < 4.78 is 40.5. The van der Waals surface area contributed by atoms with Gasteiger partial charge in [-0.05, 0) is 58.3 Å². The molecule has 1 aromatic rings. The molecule has 2 unspecified atom stereocenters. The van der Waals surface area contributed by atoms with Crippen molar-refractivity contribution in [2.45, 2.75) is 50.4 Å². The van der Waals surface area contributed by atoms with Crippen LogP contribution < -0.4 is 5.32 Å². The molecule has 2 aliphatic heterocycles. The maximum absolute atomic E-state index is 14.3. The molecule has 0 amide bonds. The van der Waals surface area contributed by atoms with Crippen LogP contribution in [-0.4, -0.2) is 82.0 Å². The first-order valence-electron chi connectivity index (χ1n) is 11.3. The standard InChI is InChI=1S/C23H36F2N4O2/c1-26-23(27-15-21(28(2)3)22-19(24)8-6-9-20(22)25)29-12-10-17(11-13-29)31-16-18-7-4-5-14-30-18/h6,8-9,17-18,21H,4-5,7,10-16H2,1-3H3,(H,26,27). The smallest absolute Gasteiger partial charge is 0.193 e. The van der Waals surface area contributed by atoms with Gasteiger partial charge in [0, 0.05) is 38.9 Å². The predicted octanol–water partition coefficient (Wildman–Crippen LogP) is 3.19. The maximum atomic E-state index is 14.3. The first-order valence-corrected chi connectivity index (χ1v) is 11.3.